The number of nitrogen functional groups attached to an aromatic ring is 1. The Morgan fingerprint density at radius 3 is 2.60 bits per heavy atom. The number of aromatic nitrogens is 1. The summed E-state index contributed by atoms with van der Waals surface area (Å²) >= 11 is 0.963. The summed E-state index contributed by atoms with van der Waals surface area (Å²) in [6.45, 7) is 0. The molecule has 0 saturated heterocycles. The molecule has 1 rings (SSSR count). The lowest BCUT2D eigenvalue weighted by Gasteiger charge is -1.78. The van der Waals surface area contributed by atoms with Crippen molar-refractivity contribution in [1.82, 2.24) is 4.98 Å². The Morgan fingerprint density at radius 2 is 2.40 bits per heavy atom. The number of hydrogen-bond acceptors (Lipinski definition) is 4. The molecule has 10 heavy (non-hydrogen) atoms. The molecule has 0 spiro atoms. The molecule has 1 aromatic heterocycles. The quantitative estimate of drug-likeness (QED) is 0.672. The average molecular weight is 181 g/mol. The fourth-order valence-corrected chi connectivity index (χ4v) is 0.910. The van der Waals surface area contributed by atoms with E-state index in [-0.39, 0.29) is 22.4 Å². The third-order valence-electron chi connectivity index (χ3n) is 0.734. The van der Waals surface area contributed by atoms with E-state index in [2.05, 4.69) is 4.98 Å². The van der Waals surface area contributed by atoms with Crippen LogP contribution < -0.4 is 5.73 Å². The minimum absolute atomic E-state index is 0. The molecule has 4 nitrogen and oxygen atoms in total. The molecule has 0 aliphatic rings. The van der Waals surface area contributed by atoms with Gasteiger partial charge in [0.15, 0.2) is 5.13 Å². The van der Waals surface area contributed by atoms with Crippen LogP contribution in [-0.2, 0) is 0 Å². The van der Waals surface area contributed by atoms with E-state index in [1.54, 1.807) is 0 Å². The fraction of sp³-hybridized carbons (Fsp3) is 0. The largest absolute Gasteiger partial charge is 0.477 e. The predicted octanol–water partition coefficient (Wildman–Crippen LogP) is 0.845. The maximum Gasteiger partial charge on any atom is 0.347 e. The van der Waals surface area contributed by atoms with Gasteiger partial charge in [-0.1, -0.05) is 11.3 Å². The second kappa shape index (κ2) is 3.38. The smallest absolute Gasteiger partial charge is 0.347 e. The highest BCUT2D eigenvalue weighted by atomic mass is 35.5. The van der Waals surface area contributed by atoms with Crippen molar-refractivity contribution in [2.75, 3.05) is 5.73 Å². The van der Waals surface area contributed by atoms with Crippen molar-refractivity contribution < 1.29 is 9.90 Å². The zero-order chi connectivity index (χ0) is 6.85. The van der Waals surface area contributed by atoms with Crippen molar-refractivity contribution in [3.63, 3.8) is 0 Å². The molecule has 3 N–H and O–H groups in total. The number of halogens is 1. The Balaban J connectivity index is 0.000000810. The van der Waals surface area contributed by atoms with Crippen LogP contribution in [0.4, 0.5) is 5.13 Å². The Hall–Kier alpha value is -0.810. The van der Waals surface area contributed by atoms with E-state index in [9.17, 15) is 4.79 Å². The van der Waals surface area contributed by atoms with Gasteiger partial charge in [-0.25, -0.2) is 9.78 Å². The SMILES string of the molecule is Cl.Nc1ncc(C(=O)O)s1. The molecule has 0 amide bonds. The van der Waals surface area contributed by atoms with Crippen LogP contribution in [0.1, 0.15) is 9.67 Å². The van der Waals surface area contributed by atoms with Crippen molar-refractivity contribution in [2.24, 2.45) is 0 Å². The first-order valence-corrected chi connectivity index (χ1v) is 2.96. The first-order chi connectivity index (χ1) is 4.20. The number of rotatable bonds is 1. The van der Waals surface area contributed by atoms with Crippen LogP contribution in [0.2, 0.25) is 0 Å². The van der Waals surface area contributed by atoms with Gasteiger partial charge in [-0.2, -0.15) is 0 Å². The minimum Gasteiger partial charge on any atom is -0.477 e. The maximum atomic E-state index is 10.1. The van der Waals surface area contributed by atoms with Crippen LogP contribution in [-0.4, -0.2) is 16.1 Å². The molecule has 56 valence electrons. The molecule has 0 saturated carbocycles. The zero-order valence-electron chi connectivity index (χ0n) is 4.77. The van der Waals surface area contributed by atoms with E-state index < -0.39 is 5.97 Å². The summed E-state index contributed by atoms with van der Waals surface area (Å²) in [5.41, 5.74) is 5.16. The van der Waals surface area contributed by atoms with Gasteiger partial charge in [0.2, 0.25) is 0 Å². The van der Waals surface area contributed by atoms with E-state index in [0.717, 1.165) is 11.3 Å². The number of carboxylic acid groups (broad SMARTS) is 1. The number of nitrogens with zero attached hydrogens (tertiary/aromatic N) is 1. The van der Waals surface area contributed by atoms with E-state index in [4.69, 9.17) is 10.8 Å². The number of carboxylic acids is 1. The molecular weight excluding hydrogens is 176 g/mol. The predicted molar refractivity (Wildman–Crippen MR) is 40.7 cm³/mol. The van der Waals surface area contributed by atoms with Crippen LogP contribution in [0.3, 0.4) is 0 Å². The number of anilines is 1. The summed E-state index contributed by atoms with van der Waals surface area (Å²) in [4.78, 5) is 13.9. The second-order valence-corrected chi connectivity index (χ2v) is 2.43. The summed E-state index contributed by atoms with van der Waals surface area (Å²) in [6, 6.07) is 0. The molecule has 0 aromatic carbocycles. The fourth-order valence-electron chi connectivity index (χ4n) is 0.386. The molecule has 0 fully saturated rings. The lowest BCUT2D eigenvalue weighted by atomic mass is 10.6. The zero-order valence-corrected chi connectivity index (χ0v) is 6.41. The standard InChI is InChI=1S/C4H4N2O2S.ClH/c5-4-6-1-2(9-4)3(7)8;/h1H,(H2,5,6)(H,7,8);1H. The molecular formula is C4H5ClN2O2S. The number of nitrogens with two attached hydrogens (primary N) is 1. The second-order valence-electron chi connectivity index (χ2n) is 1.37. The Bertz CT molecular complexity index is 237. The van der Waals surface area contributed by atoms with Crippen LogP contribution in [0, 0.1) is 0 Å². The lowest BCUT2D eigenvalue weighted by molar-refractivity contribution is 0.0702. The van der Waals surface area contributed by atoms with Crippen LogP contribution >= 0.6 is 23.7 Å². The van der Waals surface area contributed by atoms with Gasteiger partial charge < -0.3 is 10.8 Å². The van der Waals surface area contributed by atoms with Gasteiger partial charge in [-0.3, -0.25) is 0 Å². The van der Waals surface area contributed by atoms with Crippen LogP contribution in [0.25, 0.3) is 0 Å². The van der Waals surface area contributed by atoms with Gasteiger partial charge in [0.05, 0.1) is 6.20 Å². The van der Waals surface area contributed by atoms with Crippen LogP contribution in [0.15, 0.2) is 6.20 Å². The Labute approximate surface area is 67.1 Å². The average Bonchev–Trinajstić information content (AvgIpc) is 2.14. The van der Waals surface area contributed by atoms with Gasteiger partial charge in [0.25, 0.3) is 0 Å². The van der Waals surface area contributed by atoms with Crippen molar-refractivity contribution in [1.29, 1.82) is 0 Å². The van der Waals surface area contributed by atoms with E-state index in [1.807, 2.05) is 0 Å². The number of thiazole rings is 1. The van der Waals surface area contributed by atoms with E-state index in [0.29, 0.717) is 0 Å². The van der Waals surface area contributed by atoms with Crippen molar-refractivity contribution >= 4 is 34.8 Å². The van der Waals surface area contributed by atoms with Gasteiger partial charge >= 0.3 is 5.97 Å². The molecule has 0 aliphatic carbocycles. The van der Waals surface area contributed by atoms with Crippen molar-refractivity contribution in [3.8, 4) is 0 Å². The third-order valence-corrected chi connectivity index (χ3v) is 1.55. The van der Waals surface area contributed by atoms with Crippen LogP contribution in [0.5, 0.6) is 0 Å². The minimum atomic E-state index is -0.982. The highest BCUT2D eigenvalue weighted by molar-refractivity contribution is 7.17. The molecule has 0 aliphatic heterocycles. The summed E-state index contributed by atoms with van der Waals surface area (Å²) < 4.78 is 0. The van der Waals surface area contributed by atoms with Crippen molar-refractivity contribution in [2.45, 2.75) is 0 Å². The molecule has 0 unspecified atom stereocenters. The highest BCUT2D eigenvalue weighted by Gasteiger charge is 2.04. The summed E-state index contributed by atoms with van der Waals surface area (Å²) in [6.07, 6.45) is 1.24. The molecule has 0 atom stereocenters. The summed E-state index contributed by atoms with van der Waals surface area (Å²) in [5.74, 6) is -0.982. The lowest BCUT2D eigenvalue weighted by Crippen LogP contribution is -1.89. The Kier molecular flexibility index (Phi) is 3.11. The molecule has 0 radical (unpaired) electrons. The molecule has 0 bridgehead atoms. The molecule has 1 heterocycles. The normalized spacial score (nSPS) is 8.40. The van der Waals surface area contributed by atoms with E-state index >= 15 is 0 Å². The summed E-state index contributed by atoms with van der Waals surface area (Å²) in [7, 11) is 0. The Morgan fingerprint density at radius 1 is 1.80 bits per heavy atom. The number of aromatic carboxylic acids is 1. The van der Waals surface area contributed by atoms with E-state index in [1.165, 1.54) is 6.20 Å². The third kappa shape index (κ3) is 1.85. The molecule has 1 aromatic rings. The van der Waals surface area contributed by atoms with Gasteiger partial charge in [-0.05, 0) is 0 Å². The number of hydrogen-bond donors (Lipinski definition) is 2. The summed E-state index contributed by atoms with van der Waals surface area (Å²) in [5, 5.41) is 8.60. The van der Waals surface area contributed by atoms with Gasteiger partial charge in [-0.15, -0.1) is 12.4 Å². The first kappa shape index (κ1) is 9.19. The van der Waals surface area contributed by atoms with Gasteiger partial charge in [0, 0.05) is 0 Å². The maximum absolute atomic E-state index is 10.1. The topological polar surface area (TPSA) is 76.2 Å². The number of carbonyl (C=O) groups is 1. The first-order valence-electron chi connectivity index (χ1n) is 2.15. The van der Waals surface area contributed by atoms with Gasteiger partial charge in [0.1, 0.15) is 4.88 Å². The highest BCUT2D eigenvalue weighted by Crippen LogP contribution is 2.13. The monoisotopic (exact) mass is 180 g/mol. The van der Waals surface area contributed by atoms with Crippen molar-refractivity contribution in [3.05, 3.63) is 11.1 Å². The molecule has 6 heteroatoms.